The van der Waals surface area contributed by atoms with Gasteiger partial charge < -0.3 is 40.8 Å². The molecule has 0 aliphatic carbocycles. The van der Waals surface area contributed by atoms with Crippen LogP contribution in [0.1, 0.15) is 12.8 Å². The van der Waals surface area contributed by atoms with E-state index in [1.807, 2.05) is 0 Å². The summed E-state index contributed by atoms with van der Waals surface area (Å²) in [6, 6.07) is 1.39. The van der Waals surface area contributed by atoms with E-state index in [1.54, 1.807) is 42.7 Å². The zero-order valence-corrected chi connectivity index (χ0v) is 21.1. The minimum absolute atomic E-state index is 0.315. The molecule has 1 saturated heterocycles. The maximum absolute atomic E-state index is 10.7. The molecule has 0 aromatic carbocycles. The molecule has 0 aromatic rings. The van der Waals surface area contributed by atoms with E-state index in [4.69, 9.17) is 40.8 Å². The van der Waals surface area contributed by atoms with Crippen LogP contribution in [0.15, 0.2) is 12.7 Å². The number of hydrogen-bond acceptors (Lipinski definition) is 10. The highest BCUT2D eigenvalue weighted by Crippen LogP contribution is 2.16. The molecule has 1 fully saturated rings. The molecule has 1 atom stereocenters. The van der Waals surface area contributed by atoms with E-state index in [1.165, 1.54) is 0 Å². The molecule has 30 heavy (non-hydrogen) atoms. The van der Waals surface area contributed by atoms with Crippen molar-refractivity contribution >= 4 is 23.6 Å². The van der Waals surface area contributed by atoms with Crippen molar-refractivity contribution in [2.24, 2.45) is 0 Å². The van der Waals surface area contributed by atoms with Gasteiger partial charge in [-0.2, -0.15) is 0 Å². The first-order valence-corrected chi connectivity index (χ1v) is 13.6. The number of hydrogen-bond donors (Lipinski definition) is 0. The third-order valence-electron chi connectivity index (χ3n) is 4.38. The van der Waals surface area contributed by atoms with Crippen LogP contribution in [0, 0.1) is 0 Å². The fraction of sp³-hybridized carbons (Fsp3) is 0.833. The summed E-state index contributed by atoms with van der Waals surface area (Å²) in [5, 5.41) is 0. The Hall–Kier alpha value is -0.676. The molecule has 1 unspecified atom stereocenters. The van der Waals surface area contributed by atoms with Crippen molar-refractivity contribution in [1.82, 2.24) is 0 Å². The second kappa shape index (κ2) is 16.9. The summed E-state index contributed by atoms with van der Waals surface area (Å²) >= 11 is 0. The van der Waals surface area contributed by atoms with E-state index >= 15 is 0 Å². The predicted molar refractivity (Wildman–Crippen MR) is 114 cm³/mol. The summed E-state index contributed by atoms with van der Waals surface area (Å²) in [5.74, 6) is -0.422. The van der Waals surface area contributed by atoms with Crippen molar-refractivity contribution in [3.63, 3.8) is 0 Å². The lowest BCUT2D eigenvalue weighted by molar-refractivity contribution is -0.137. The highest BCUT2D eigenvalue weighted by Gasteiger charge is 2.37. The summed E-state index contributed by atoms with van der Waals surface area (Å²) in [7, 11) is 4.61. The zero-order chi connectivity index (χ0) is 22.9. The molecule has 178 valence electrons. The molecule has 12 heteroatoms. The molecule has 1 aliphatic heterocycles. The van der Waals surface area contributed by atoms with Gasteiger partial charge in [-0.15, -0.1) is 0 Å². The molecule has 0 radical (unpaired) electrons. The Bertz CT molecular complexity index is 438. The number of carbonyl (C=O) groups excluding carboxylic acids is 1. The Morgan fingerprint density at radius 1 is 0.900 bits per heavy atom. The Kier molecular flexibility index (Phi) is 16.6. The summed E-state index contributed by atoms with van der Waals surface area (Å²) in [6.07, 6.45) is 2.99. The summed E-state index contributed by atoms with van der Waals surface area (Å²) in [6.45, 7) is 5.85. The number of carbonyl (C=O) groups is 1. The monoisotopic (exact) mass is 470 g/mol. The maximum atomic E-state index is 10.7. The topological polar surface area (TPSA) is 103 Å². The zero-order valence-electron chi connectivity index (χ0n) is 19.1. The van der Waals surface area contributed by atoms with Crippen LogP contribution >= 0.6 is 0 Å². The predicted octanol–water partition coefficient (Wildman–Crippen LogP) is 1.65. The smallest absolute Gasteiger partial charge is 0.463 e. The summed E-state index contributed by atoms with van der Waals surface area (Å²) in [5.41, 5.74) is 0. The molecule has 0 spiro atoms. The molecule has 1 rings (SSSR count). The molecule has 0 aromatic heterocycles. The minimum atomic E-state index is -2.52. The van der Waals surface area contributed by atoms with Crippen molar-refractivity contribution in [3.8, 4) is 0 Å². The van der Waals surface area contributed by atoms with Crippen LogP contribution in [0.2, 0.25) is 12.1 Å². The number of ether oxygens (including phenoxy) is 3. The minimum Gasteiger partial charge on any atom is -0.463 e. The fourth-order valence-electron chi connectivity index (χ4n) is 2.40. The lowest BCUT2D eigenvalue weighted by atomic mass is 10.5. The van der Waals surface area contributed by atoms with Crippen molar-refractivity contribution < 1.29 is 45.6 Å². The normalized spacial score (nSPS) is 15.9. The average molecular weight is 471 g/mol. The van der Waals surface area contributed by atoms with Gasteiger partial charge in [0.1, 0.15) is 6.10 Å². The molecule has 0 saturated carbocycles. The van der Waals surface area contributed by atoms with Gasteiger partial charge in [-0.25, -0.2) is 4.79 Å². The van der Waals surface area contributed by atoms with Crippen LogP contribution in [0.25, 0.3) is 0 Å². The van der Waals surface area contributed by atoms with Gasteiger partial charge in [0.15, 0.2) is 0 Å². The Morgan fingerprint density at radius 3 is 1.70 bits per heavy atom. The number of epoxide rings is 1. The Balaban J connectivity index is 0.000000561. The van der Waals surface area contributed by atoms with Crippen LogP contribution in [0.4, 0.5) is 0 Å². The molecule has 1 heterocycles. The fourth-order valence-corrected chi connectivity index (χ4v) is 5.78. The Morgan fingerprint density at radius 2 is 1.33 bits per heavy atom. The second-order valence-electron chi connectivity index (χ2n) is 6.20. The first-order valence-electron chi connectivity index (χ1n) is 9.69. The molecule has 1 aliphatic rings. The van der Waals surface area contributed by atoms with E-state index in [9.17, 15) is 4.79 Å². The largest absolute Gasteiger partial charge is 0.500 e. The van der Waals surface area contributed by atoms with E-state index in [0.29, 0.717) is 38.4 Å². The van der Waals surface area contributed by atoms with Gasteiger partial charge in [0.2, 0.25) is 0 Å². The highest BCUT2D eigenvalue weighted by atomic mass is 28.4. The van der Waals surface area contributed by atoms with Crippen LogP contribution < -0.4 is 0 Å². The lowest BCUT2D eigenvalue weighted by Gasteiger charge is -2.24. The lowest BCUT2D eigenvalue weighted by Crippen LogP contribution is -2.42. The Labute approximate surface area is 182 Å². The first-order chi connectivity index (χ1) is 14.4. The summed E-state index contributed by atoms with van der Waals surface area (Å²) in [4.78, 5) is 10.7. The van der Waals surface area contributed by atoms with Gasteiger partial charge in [0.05, 0.1) is 19.8 Å². The first kappa shape index (κ1) is 29.3. The second-order valence-corrected chi connectivity index (χ2v) is 12.4. The van der Waals surface area contributed by atoms with E-state index < -0.39 is 23.6 Å². The molecular formula is C18H38O10Si2. The molecule has 0 amide bonds. The van der Waals surface area contributed by atoms with Gasteiger partial charge in [0, 0.05) is 67.4 Å². The molecule has 0 bridgehead atoms. The van der Waals surface area contributed by atoms with E-state index in [-0.39, 0.29) is 0 Å². The summed E-state index contributed by atoms with van der Waals surface area (Å²) < 4.78 is 46.7. The van der Waals surface area contributed by atoms with Crippen molar-refractivity contribution in [2.45, 2.75) is 31.0 Å². The van der Waals surface area contributed by atoms with Crippen molar-refractivity contribution in [1.29, 1.82) is 0 Å². The number of esters is 1. The molecular weight excluding hydrogens is 432 g/mol. The van der Waals surface area contributed by atoms with Gasteiger partial charge in [-0.3, -0.25) is 0 Å². The highest BCUT2D eigenvalue weighted by molar-refractivity contribution is 6.60. The van der Waals surface area contributed by atoms with Gasteiger partial charge in [-0.05, 0) is 12.8 Å². The standard InChI is InChI=1S/C9H20O5Si.C9H18O5Si/c1-10-15(11-2,12-3)6-4-5-13-7-9-8-14-9;1-5-9(10)14-7-6-8-15(11-2,12-3)13-4/h9H,4-8H2,1-3H3;5H,1,6-8H2,2-4H3. The van der Waals surface area contributed by atoms with Crippen LogP contribution in [-0.2, 0) is 45.6 Å². The van der Waals surface area contributed by atoms with Crippen LogP contribution in [-0.4, -0.2) is 98.8 Å². The van der Waals surface area contributed by atoms with Crippen molar-refractivity contribution in [2.75, 3.05) is 69.1 Å². The quantitative estimate of drug-likeness (QED) is 0.102. The molecule has 10 nitrogen and oxygen atoms in total. The molecule has 0 N–H and O–H groups in total. The third kappa shape index (κ3) is 12.2. The van der Waals surface area contributed by atoms with Gasteiger partial charge >= 0.3 is 23.6 Å². The number of rotatable bonds is 17. The van der Waals surface area contributed by atoms with Crippen molar-refractivity contribution in [3.05, 3.63) is 12.7 Å². The third-order valence-corrected chi connectivity index (χ3v) is 10.0. The van der Waals surface area contributed by atoms with E-state index in [0.717, 1.165) is 25.1 Å². The van der Waals surface area contributed by atoms with E-state index in [2.05, 4.69) is 6.58 Å². The van der Waals surface area contributed by atoms with Gasteiger partial charge in [-0.1, -0.05) is 6.58 Å². The SMILES string of the molecule is C=CC(=O)OCCC[Si](OC)(OC)OC.CO[Si](CCCOCC1CO1)(OC)OC. The van der Waals surface area contributed by atoms with Crippen LogP contribution in [0.3, 0.4) is 0 Å². The van der Waals surface area contributed by atoms with Gasteiger partial charge in [0.25, 0.3) is 0 Å². The average Bonchev–Trinajstić information content (AvgIpc) is 3.62. The maximum Gasteiger partial charge on any atom is 0.500 e. The van der Waals surface area contributed by atoms with Crippen LogP contribution in [0.5, 0.6) is 0 Å².